The maximum absolute atomic E-state index is 13.4. The molecule has 234 valence electrons. The summed E-state index contributed by atoms with van der Waals surface area (Å²) in [6, 6.07) is 11.3. The van der Waals surface area contributed by atoms with Gasteiger partial charge in [0.1, 0.15) is 11.4 Å². The van der Waals surface area contributed by atoms with Gasteiger partial charge in [0.05, 0.1) is 17.5 Å². The summed E-state index contributed by atoms with van der Waals surface area (Å²) in [5.41, 5.74) is 1.88. The molecule has 2 aromatic carbocycles. The fourth-order valence-electron chi connectivity index (χ4n) is 7.60. The lowest BCUT2D eigenvalue weighted by molar-refractivity contribution is -0.00321. The van der Waals surface area contributed by atoms with Gasteiger partial charge in [-0.1, -0.05) is 36.6 Å². The number of halogens is 1. The van der Waals surface area contributed by atoms with Gasteiger partial charge in [-0.05, 0) is 112 Å². The first-order valence-corrected chi connectivity index (χ1v) is 17.6. The van der Waals surface area contributed by atoms with Gasteiger partial charge in [-0.25, -0.2) is 13.1 Å². The van der Waals surface area contributed by atoms with E-state index >= 15 is 0 Å². The van der Waals surface area contributed by atoms with Crippen LogP contribution in [-0.4, -0.2) is 50.0 Å². The van der Waals surface area contributed by atoms with Crippen LogP contribution in [0.2, 0.25) is 5.02 Å². The zero-order chi connectivity index (χ0) is 31.3. The highest BCUT2D eigenvalue weighted by molar-refractivity contribution is 7.90. The number of carbonyl (C=O) groups excluding carboxylic acids is 1. The summed E-state index contributed by atoms with van der Waals surface area (Å²) in [5, 5.41) is 11.8. The van der Waals surface area contributed by atoms with Gasteiger partial charge in [0.2, 0.25) is 10.0 Å². The second-order valence-corrected chi connectivity index (χ2v) is 15.7. The highest BCUT2D eigenvalue weighted by Gasteiger charge is 2.47. The van der Waals surface area contributed by atoms with E-state index in [1.165, 1.54) is 11.1 Å². The first-order valence-electron chi connectivity index (χ1n) is 15.7. The molecule has 0 unspecified atom stereocenters. The standard InChI is InChI=1S/C35H41ClN2O5S/c1-4-15-35(40)17-5-7-23(2)24(3)44(41,42)37-33(39)26-10-14-32-31(19-26)38(20-27-9-12-30(27)35)21-34(22-43-32)16-6-8-25-18-28(36)11-13-29(25)34/h5,10-11,13-14,17-19,23-24,27,30,40H,6-9,12,16,20-22H2,1-3H3,(H,37,39)/b17-5+/t23-,24+,27-,30+,34-,35+/m0/s1. The zero-order valence-corrected chi connectivity index (χ0v) is 27.2. The number of nitrogens with zero attached hydrogens (tertiary/aromatic N) is 1. The number of amides is 1. The van der Waals surface area contributed by atoms with E-state index in [9.17, 15) is 18.3 Å². The van der Waals surface area contributed by atoms with Crippen molar-refractivity contribution in [2.75, 3.05) is 24.6 Å². The predicted octanol–water partition coefficient (Wildman–Crippen LogP) is 5.64. The lowest BCUT2D eigenvalue weighted by atomic mass is 9.64. The van der Waals surface area contributed by atoms with E-state index in [1.54, 1.807) is 38.1 Å². The topological polar surface area (TPSA) is 95.9 Å². The number of carbonyl (C=O) groups is 1. The molecular formula is C35H41ClN2O5S. The lowest BCUT2D eigenvalue weighted by Gasteiger charge is -2.47. The quantitative estimate of drug-likeness (QED) is 0.287. The maximum Gasteiger partial charge on any atom is 0.264 e. The highest BCUT2D eigenvalue weighted by atomic mass is 35.5. The molecule has 2 N–H and O–H groups in total. The fraction of sp³-hybridized carbons (Fsp3) is 0.514. The van der Waals surface area contributed by atoms with Crippen LogP contribution in [0.4, 0.5) is 5.69 Å². The van der Waals surface area contributed by atoms with Crippen LogP contribution in [0.1, 0.15) is 74.4 Å². The van der Waals surface area contributed by atoms with Crippen LogP contribution in [0.15, 0.2) is 48.6 Å². The molecule has 0 aromatic heterocycles. The minimum absolute atomic E-state index is 0.0805. The number of hydrogen-bond donors (Lipinski definition) is 2. The number of allylic oxidation sites excluding steroid dienone is 1. The van der Waals surface area contributed by atoms with Gasteiger partial charge in [-0.3, -0.25) is 4.79 Å². The summed E-state index contributed by atoms with van der Waals surface area (Å²) in [7, 11) is -3.96. The Labute approximate surface area is 266 Å². The Morgan fingerprint density at radius 3 is 2.73 bits per heavy atom. The van der Waals surface area contributed by atoms with Gasteiger partial charge < -0.3 is 14.7 Å². The molecule has 2 aliphatic carbocycles. The number of hydrogen-bond acceptors (Lipinski definition) is 6. The summed E-state index contributed by atoms with van der Waals surface area (Å²) in [6.07, 6.45) is 8.73. The van der Waals surface area contributed by atoms with Crippen LogP contribution in [0, 0.1) is 29.6 Å². The summed E-state index contributed by atoms with van der Waals surface area (Å²) >= 11 is 6.41. The van der Waals surface area contributed by atoms with Crippen molar-refractivity contribution in [2.45, 2.75) is 75.6 Å². The van der Waals surface area contributed by atoms with Crippen LogP contribution in [-0.2, 0) is 21.9 Å². The molecule has 2 aromatic rings. The van der Waals surface area contributed by atoms with Gasteiger partial charge >= 0.3 is 0 Å². The van der Waals surface area contributed by atoms with Gasteiger partial charge in [-0.15, -0.1) is 5.92 Å². The molecule has 1 spiro atoms. The molecule has 9 heteroatoms. The fourth-order valence-corrected chi connectivity index (χ4v) is 9.08. The Kier molecular flexibility index (Phi) is 8.28. The smallest absolute Gasteiger partial charge is 0.264 e. The number of sulfonamides is 1. The van der Waals surface area contributed by atoms with E-state index in [-0.39, 0.29) is 28.7 Å². The van der Waals surface area contributed by atoms with Crippen LogP contribution in [0.25, 0.3) is 0 Å². The van der Waals surface area contributed by atoms with Crippen molar-refractivity contribution in [3.63, 3.8) is 0 Å². The van der Waals surface area contributed by atoms with Gasteiger partial charge in [0, 0.05) is 35.0 Å². The third-order valence-corrected chi connectivity index (χ3v) is 12.6. The first-order chi connectivity index (χ1) is 20.9. The Balaban J connectivity index is 1.46. The second kappa shape index (κ2) is 11.7. The lowest BCUT2D eigenvalue weighted by Crippen LogP contribution is -2.52. The number of fused-ring (bicyclic) bond motifs is 4. The predicted molar refractivity (Wildman–Crippen MR) is 174 cm³/mol. The third-order valence-electron chi connectivity index (χ3n) is 10.5. The van der Waals surface area contributed by atoms with Gasteiger partial charge in [0.25, 0.3) is 5.91 Å². The molecule has 1 fully saturated rings. The van der Waals surface area contributed by atoms with Gasteiger partial charge in [0.15, 0.2) is 0 Å². The second-order valence-electron chi connectivity index (χ2n) is 13.2. The van der Waals surface area contributed by atoms with E-state index in [0.717, 1.165) is 42.8 Å². The Morgan fingerprint density at radius 2 is 1.98 bits per heavy atom. The molecular weight excluding hydrogens is 596 g/mol. The summed E-state index contributed by atoms with van der Waals surface area (Å²) in [4.78, 5) is 15.7. The van der Waals surface area contributed by atoms with Gasteiger partial charge in [-0.2, -0.15) is 0 Å². The average Bonchev–Trinajstić information content (AvgIpc) is 3.11. The van der Waals surface area contributed by atoms with Crippen molar-refractivity contribution in [1.82, 2.24) is 4.72 Å². The van der Waals surface area contributed by atoms with Crippen LogP contribution in [0.5, 0.6) is 5.75 Å². The zero-order valence-electron chi connectivity index (χ0n) is 25.6. The van der Waals surface area contributed by atoms with Crippen molar-refractivity contribution >= 4 is 33.2 Å². The monoisotopic (exact) mass is 636 g/mol. The van der Waals surface area contributed by atoms with E-state index in [2.05, 4.69) is 33.6 Å². The number of nitrogens with one attached hydrogen (secondary N) is 1. The molecule has 6 rings (SSSR count). The van der Waals surface area contributed by atoms with Crippen LogP contribution in [0.3, 0.4) is 0 Å². The molecule has 44 heavy (non-hydrogen) atoms. The molecule has 1 amide bonds. The van der Waals surface area contributed by atoms with Crippen molar-refractivity contribution in [2.24, 2.45) is 17.8 Å². The molecule has 2 bridgehead atoms. The number of rotatable bonds is 0. The number of ether oxygens (including phenoxy) is 1. The Morgan fingerprint density at radius 1 is 1.16 bits per heavy atom. The van der Waals surface area contributed by atoms with Crippen LogP contribution < -0.4 is 14.4 Å². The molecule has 6 atom stereocenters. The number of aliphatic hydroxyl groups is 1. The first kappa shape index (κ1) is 31.0. The highest BCUT2D eigenvalue weighted by Crippen LogP contribution is 2.48. The van der Waals surface area contributed by atoms with E-state index < -0.39 is 26.8 Å². The molecule has 1 saturated carbocycles. The van der Waals surface area contributed by atoms with Crippen molar-refractivity contribution in [1.29, 1.82) is 0 Å². The molecule has 2 aliphatic heterocycles. The SMILES string of the molecule is CC#C[C@@]1(O)/C=C/C[C@H](C)[C@@H](C)S(=O)(=O)NC(=O)c2ccc3c(c2)N(C[C@@H]2CC[C@H]21)C[C@@]1(CCCc2cc(Cl)ccc21)CO3. The number of benzene rings is 2. The molecule has 7 nitrogen and oxygen atoms in total. The normalized spacial score (nSPS) is 33.7. The summed E-state index contributed by atoms with van der Waals surface area (Å²) < 4.78 is 35.4. The van der Waals surface area contributed by atoms with E-state index in [1.807, 2.05) is 19.1 Å². The minimum atomic E-state index is -3.96. The number of anilines is 1. The van der Waals surface area contributed by atoms with Crippen molar-refractivity contribution < 1.29 is 23.1 Å². The minimum Gasteiger partial charge on any atom is -0.490 e. The third kappa shape index (κ3) is 5.63. The Bertz CT molecular complexity index is 1660. The van der Waals surface area contributed by atoms with Crippen molar-refractivity contribution in [3.8, 4) is 17.6 Å². The van der Waals surface area contributed by atoms with Crippen molar-refractivity contribution in [3.05, 3.63) is 70.3 Å². The number of aryl methyl sites for hydroxylation is 1. The molecule has 0 radical (unpaired) electrons. The molecule has 0 saturated heterocycles. The molecule has 2 heterocycles. The molecule has 4 aliphatic rings. The van der Waals surface area contributed by atoms with Crippen LogP contribution >= 0.6 is 11.6 Å². The largest absolute Gasteiger partial charge is 0.490 e. The van der Waals surface area contributed by atoms with E-state index in [0.29, 0.717) is 31.9 Å². The van der Waals surface area contributed by atoms with E-state index in [4.69, 9.17) is 16.3 Å². The summed E-state index contributed by atoms with van der Waals surface area (Å²) in [6.45, 7) is 6.96. The average molecular weight is 637 g/mol. The summed E-state index contributed by atoms with van der Waals surface area (Å²) in [5.74, 6) is 5.81. The Hall–Kier alpha value is -2.99. The maximum atomic E-state index is 13.4.